The first kappa shape index (κ1) is 18.9. The number of hydrogen-bond acceptors (Lipinski definition) is 4. The lowest BCUT2D eigenvalue weighted by molar-refractivity contribution is -0.141. The zero-order chi connectivity index (χ0) is 16.4. The van der Waals surface area contributed by atoms with Gasteiger partial charge in [-0.3, -0.25) is 4.79 Å². The molecule has 24 heavy (non-hydrogen) atoms. The van der Waals surface area contributed by atoms with E-state index in [-0.39, 0.29) is 36.3 Å². The number of ether oxygens (including phenoxy) is 2. The van der Waals surface area contributed by atoms with E-state index in [1.807, 2.05) is 30.0 Å². The molecule has 0 saturated carbocycles. The Morgan fingerprint density at radius 2 is 2.21 bits per heavy atom. The van der Waals surface area contributed by atoms with Gasteiger partial charge in [0, 0.05) is 18.6 Å². The molecule has 3 rings (SSSR count). The molecule has 0 aliphatic carbocycles. The van der Waals surface area contributed by atoms with Gasteiger partial charge in [0.05, 0.1) is 13.0 Å². The summed E-state index contributed by atoms with van der Waals surface area (Å²) in [7, 11) is 1.65. The highest BCUT2D eigenvalue weighted by Crippen LogP contribution is 2.32. The quantitative estimate of drug-likeness (QED) is 0.905. The lowest BCUT2D eigenvalue weighted by Gasteiger charge is -2.40. The number of hydrogen-bond donors (Lipinski definition) is 1. The van der Waals surface area contributed by atoms with E-state index in [1.54, 1.807) is 7.11 Å². The second-order valence-corrected chi connectivity index (χ2v) is 6.64. The van der Waals surface area contributed by atoms with Crippen molar-refractivity contribution in [3.05, 3.63) is 23.8 Å². The lowest BCUT2D eigenvalue weighted by atomic mass is 9.91. The molecule has 134 valence electrons. The molecule has 2 heterocycles. The van der Waals surface area contributed by atoms with Crippen LogP contribution in [-0.4, -0.2) is 43.2 Å². The van der Waals surface area contributed by atoms with Crippen LogP contribution in [0.15, 0.2) is 18.2 Å². The summed E-state index contributed by atoms with van der Waals surface area (Å²) >= 11 is 0. The number of carbonyl (C=O) groups is 1. The van der Waals surface area contributed by atoms with Gasteiger partial charge in [0.1, 0.15) is 18.1 Å². The Morgan fingerprint density at radius 1 is 1.42 bits per heavy atom. The minimum absolute atomic E-state index is 0. The number of likely N-dealkylation sites (tertiary alicyclic amines) is 1. The van der Waals surface area contributed by atoms with E-state index in [4.69, 9.17) is 15.2 Å². The van der Waals surface area contributed by atoms with Crippen LogP contribution in [-0.2, 0) is 11.2 Å². The van der Waals surface area contributed by atoms with Crippen molar-refractivity contribution in [1.82, 2.24) is 4.90 Å². The number of carbonyl (C=O) groups excluding carboxylic acids is 1. The summed E-state index contributed by atoms with van der Waals surface area (Å²) < 4.78 is 11.1. The molecule has 2 N–H and O–H groups in total. The van der Waals surface area contributed by atoms with Gasteiger partial charge in [0.25, 0.3) is 0 Å². The number of amides is 1. The molecule has 6 heteroatoms. The zero-order valence-electron chi connectivity index (χ0n) is 14.4. The monoisotopic (exact) mass is 354 g/mol. The molecule has 1 aromatic rings. The van der Waals surface area contributed by atoms with Gasteiger partial charge < -0.3 is 20.1 Å². The van der Waals surface area contributed by atoms with Crippen LogP contribution in [0.3, 0.4) is 0 Å². The first-order chi connectivity index (χ1) is 11.1. The molecule has 0 bridgehead atoms. The highest BCUT2D eigenvalue weighted by Gasteiger charge is 2.35. The summed E-state index contributed by atoms with van der Waals surface area (Å²) in [5.41, 5.74) is 7.14. The predicted molar refractivity (Wildman–Crippen MR) is 95.9 cm³/mol. The summed E-state index contributed by atoms with van der Waals surface area (Å²) in [6.45, 7) is 3.25. The number of piperidine rings is 1. The van der Waals surface area contributed by atoms with Crippen molar-refractivity contribution in [2.75, 3.05) is 20.3 Å². The highest BCUT2D eigenvalue weighted by atomic mass is 35.5. The van der Waals surface area contributed by atoms with Crippen molar-refractivity contribution in [2.45, 2.75) is 44.7 Å². The first-order valence-electron chi connectivity index (χ1n) is 8.46. The largest absolute Gasteiger partial charge is 0.497 e. The summed E-state index contributed by atoms with van der Waals surface area (Å²) in [5.74, 6) is 1.71. The first-order valence-corrected chi connectivity index (χ1v) is 8.46. The van der Waals surface area contributed by atoms with Gasteiger partial charge in [-0.25, -0.2) is 0 Å². The fourth-order valence-corrected chi connectivity index (χ4v) is 3.67. The fraction of sp³-hybridized carbons (Fsp3) is 0.611. The van der Waals surface area contributed by atoms with Crippen LogP contribution in [0.4, 0.5) is 0 Å². The Bertz CT molecular complexity index is 579. The molecule has 3 unspecified atom stereocenters. The maximum atomic E-state index is 13.0. The van der Waals surface area contributed by atoms with Gasteiger partial charge in [-0.15, -0.1) is 12.4 Å². The smallest absolute Gasteiger partial charge is 0.229 e. The standard InChI is InChI=1S/C18H26N2O3.ClH/c1-12(19)16-5-3-4-8-20(16)18(21)14-9-13-10-15(22-2)6-7-17(13)23-11-14;/h6-7,10,12,14,16H,3-5,8-9,11,19H2,1-2H3;1H. The van der Waals surface area contributed by atoms with E-state index in [0.717, 1.165) is 42.9 Å². The molecule has 2 aliphatic rings. The maximum Gasteiger partial charge on any atom is 0.229 e. The second-order valence-electron chi connectivity index (χ2n) is 6.64. The molecule has 5 nitrogen and oxygen atoms in total. The van der Waals surface area contributed by atoms with Crippen molar-refractivity contribution in [3.63, 3.8) is 0 Å². The third-order valence-corrected chi connectivity index (χ3v) is 4.96. The zero-order valence-corrected chi connectivity index (χ0v) is 15.2. The van der Waals surface area contributed by atoms with E-state index in [9.17, 15) is 4.79 Å². The van der Waals surface area contributed by atoms with Crippen molar-refractivity contribution in [2.24, 2.45) is 11.7 Å². The molecule has 2 aliphatic heterocycles. The molecule has 1 amide bonds. The number of methoxy groups -OCH3 is 1. The van der Waals surface area contributed by atoms with Crippen LogP contribution in [0.1, 0.15) is 31.7 Å². The molecule has 3 atom stereocenters. The highest BCUT2D eigenvalue weighted by molar-refractivity contribution is 5.85. The number of fused-ring (bicyclic) bond motifs is 1. The van der Waals surface area contributed by atoms with Crippen molar-refractivity contribution in [3.8, 4) is 11.5 Å². The van der Waals surface area contributed by atoms with Crippen LogP contribution in [0.5, 0.6) is 11.5 Å². The van der Waals surface area contributed by atoms with Crippen LogP contribution >= 0.6 is 12.4 Å². The molecule has 0 spiro atoms. The van der Waals surface area contributed by atoms with Gasteiger partial charge in [0.2, 0.25) is 5.91 Å². The van der Waals surface area contributed by atoms with E-state index in [2.05, 4.69) is 0 Å². The third-order valence-electron chi connectivity index (χ3n) is 4.96. The van der Waals surface area contributed by atoms with E-state index >= 15 is 0 Å². The Morgan fingerprint density at radius 3 is 2.92 bits per heavy atom. The van der Waals surface area contributed by atoms with Gasteiger partial charge >= 0.3 is 0 Å². The summed E-state index contributed by atoms with van der Waals surface area (Å²) in [4.78, 5) is 15.0. The lowest BCUT2D eigenvalue weighted by Crippen LogP contribution is -2.54. The molecule has 1 saturated heterocycles. The predicted octanol–water partition coefficient (Wildman–Crippen LogP) is 2.40. The van der Waals surface area contributed by atoms with Crippen LogP contribution in [0.25, 0.3) is 0 Å². The number of benzene rings is 1. The van der Waals surface area contributed by atoms with E-state index in [0.29, 0.717) is 13.0 Å². The summed E-state index contributed by atoms with van der Waals surface area (Å²) in [5, 5.41) is 0. The minimum Gasteiger partial charge on any atom is -0.497 e. The average Bonchev–Trinajstić information content (AvgIpc) is 2.60. The molecular weight excluding hydrogens is 328 g/mol. The van der Waals surface area contributed by atoms with Crippen LogP contribution < -0.4 is 15.2 Å². The summed E-state index contributed by atoms with van der Waals surface area (Å²) in [6.07, 6.45) is 3.92. The van der Waals surface area contributed by atoms with Crippen molar-refractivity contribution < 1.29 is 14.3 Å². The molecule has 1 fully saturated rings. The van der Waals surface area contributed by atoms with Crippen LogP contribution in [0.2, 0.25) is 0 Å². The van der Waals surface area contributed by atoms with Gasteiger partial charge in [-0.1, -0.05) is 0 Å². The van der Waals surface area contributed by atoms with Gasteiger partial charge in [0.15, 0.2) is 0 Å². The van der Waals surface area contributed by atoms with Crippen molar-refractivity contribution in [1.29, 1.82) is 0 Å². The average molecular weight is 355 g/mol. The topological polar surface area (TPSA) is 64.8 Å². The number of nitrogens with two attached hydrogens (primary N) is 1. The van der Waals surface area contributed by atoms with Crippen molar-refractivity contribution >= 4 is 18.3 Å². The SMILES string of the molecule is COc1ccc2c(c1)CC(C(=O)N1CCCCC1C(C)N)CO2.Cl. The van der Waals surface area contributed by atoms with Gasteiger partial charge in [-0.2, -0.15) is 0 Å². The number of rotatable bonds is 3. The third kappa shape index (κ3) is 3.78. The second kappa shape index (κ2) is 8.08. The number of halogens is 1. The Kier molecular flexibility index (Phi) is 6.35. The Hall–Kier alpha value is -1.46. The molecule has 1 aromatic carbocycles. The summed E-state index contributed by atoms with van der Waals surface area (Å²) in [6, 6.07) is 5.94. The molecule has 0 aromatic heterocycles. The fourth-order valence-electron chi connectivity index (χ4n) is 3.67. The van der Waals surface area contributed by atoms with E-state index < -0.39 is 0 Å². The molecular formula is C18H27ClN2O3. The minimum atomic E-state index is -0.131. The number of nitrogens with zero attached hydrogens (tertiary/aromatic N) is 1. The normalized spacial score (nSPS) is 24.2. The van der Waals surface area contributed by atoms with E-state index in [1.165, 1.54) is 0 Å². The Labute approximate surface area is 149 Å². The maximum absolute atomic E-state index is 13.0. The van der Waals surface area contributed by atoms with Gasteiger partial charge in [-0.05, 0) is 56.4 Å². The Balaban J connectivity index is 0.00000208. The van der Waals surface area contributed by atoms with Crippen LogP contribution in [0, 0.1) is 5.92 Å². The molecule has 0 radical (unpaired) electrons.